The Balaban J connectivity index is 1.70. The fraction of sp³-hybridized carbons (Fsp3) is 0.625. The first-order valence-electron chi connectivity index (χ1n) is 7.66. The molecule has 3 nitrogen and oxygen atoms in total. The van der Waals surface area contributed by atoms with Gasteiger partial charge in [-0.15, -0.1) is 0 Å². The van der Waals surface area contributed by atoms with Crippen LogP contribution >= 0.6 is 0 Å². The second-order valence-electron chi connectivity index (χ2n) is 6.20. The molecule has 1 aromatic carbocycles. The van der Waals surface area contributed by atoms with Gasteiger partial charge in [-0.2, -0.15) is 0 Å². The lowest BCUT2D eigenvalue weighted by atomic mass is 10.0. The molecule has 3 rings (SSSR count). The summed E-state index contributed by atoms with van der Waals surface area (Å²) >= 11 is 0. The summed E-state index contributed by atoms with van der Waals surface area (Å²) in [6.07, 6.45) is 2.78. The molecule has 2 fully saturated rings. The van der Waals surface area contributed by atoms with Crippen molar-refractivity contribution in [2.45, 2.75) is 25.8 Å². The zero-order valence-electron chi connectivity index (χ0n) is 12.2. The van der Waals surface area contributed by atoms with Crippen LogP contribution in [0.2, 0.25) is 0 Å². The maximum atomic E-state index is 14.2. The molecule has 20 heavy (non-hydrogen) atoms. The van der Waals surface area contributed by atoms with E-state index in [9.17, 15) is 4.39 Å². The van der Waals surface area contributed by atoms with Gasteiger partial charge in [0.05, 0.1) is 5.69 Å². The number of rotatable bonds is 4. The summed E-state index contributed by atoms with van der Waals surface area (Å²) in [5.74, 6) is 0.782. The van der Waals surface area contributed by atoms with E-state index in [1.807, 2.05) is 13.0 Å². The lowest BCUT2D eigenvalue weighted by Gasteiger charge is -2.37. The lowest BCUT2D eigenvalue weighted by Crippen LogP contribution is -2.47. The number of para-hydroxylation sites is 1. The van der Waals surface area contributed by atoms with Gasteiger partial charge in [0, 0.05) is 38.8 Å². The third kappa shape index (κ3) is 2.96. The third-order valence-electron chi connectivity index (χ3n) is 4.41. The largest absolute Gasteiger partial charge is 0.366 e. The van der Waals surface area contributed by atoms with Crippen molar-refractivity contribution in [3.8, 4) is 0 Å². The molecular formula is C16H24FN3. The second-order valence-corrected chi connectivity index (χ2v) is 6.20. The van der Waals surface area contributed by atoms with Gasteiger partial charge in [-0.25, -0.2) is 4.39 Å². The van der Waals surface area contributed by atoms with Crippen molar-refractivity contribution in [2.24, 2.45) is 11.7 Å². The van der Waals surface area contributed by atoms with Gasteiger partial charge >= 0.3 is 0 Å². The average Bonchev–Trinajstić information content (AvgIpc) is 3.23. The molecule has 1 atom stereocenters. The number of piperazine rings is 1. The third-order valence-corrected chi connectivity index (χ3v) is 4.41. The van der Waals surface area contributed by atoms with E-state index >= 15 is 0 Å². The number of anilines is 1. The van der Waals surface area contributed by atoms with Crippen LogP contribution in [0.4, 0.5) is 10.1 Å². The monoisotopic (exact) mass is 277 g/mol. The van der Waals surface area contributed by atoms with Crippen molar-refractivity contribution in [2.75, 3.05) is 37.6 Å². The zero-order valence-corrected chi connectivity index (χ0v) is 12.2. The number of halogens is 1. The first kappa shape index (κ1) is 13.8. The van der Waals surface area contributed by atoms with Crippen LogP contribution in [0.15, 0.2) is 18.2 Å². The van der Waals surface area contributed by atoms with Gasteiger partial charge in [0.2, 0.25) is 0 Å². The average molecular weight is 277 g/mol. The number of nitrogens with two attached hydrogens (primary N) is 1. The normalized spacial score (nSPS) is 22.1. The van der Waals surface area contributed by atoms with E-state index in [0.29, 0.717) is 5.69 Å². The van der Waals surface area contributed by atoms with Gasteiger partial charge in [0.1, 0.15) is 5.82 Å². The minimum atomic E-state index is -0.143. The molecule has 110 valence electrons. The SMILES string of the molecule is C[C@@H](N)c1cccc(F)c1N1CCN(CC2CC2)CC1. The molecule has 1 aromatic rings. The molecular weight excluding hydrogens is 253 g/mol. The van der Waals surface area contributed by atoms with Crippen molar-refractivity contribution in [3.05, 3.63) is 29.6 Å². The van der Waals surface area contributed by atoms with Crippen LogP contribution < -0.4 is 10.6 Å². The predicted molar refractivity (Wildman–Crippen MR) is 80.4 cm³/mol. The molecule has 0 aromatic heterocycles. The summed E-state index contributed by atoms with van der Waals surface area (Å²) in [5.41, 5.74) is 7.62. The molecule has 4 heteroatoms. The number of hydrogen-bond acceptors (Lipinski definition) is 3. The Hall–Kier alpha value is -1.13. The minimum Gasteiger partial charge on any atom is -0.366 e. The van der Waals surface area contributed by atoms with Gasteiger partial charge in [-0.3, -0.25) is 4.90 Å². The molecule has 1 heterocycles. The van der Waals surface area contributed by atoms with Gasteiger partial charge in [-0.05, 0) is 37.3 Å². The first-order valence-corrected chi connectivity index (χ1v) is 7.66. The molecule has 2 aliphatic rings. The van der Waals surface area contributed by atoms with Crippen LogP contribution in [0, 0.1) is 11.7 Å². The molecule has 1 aliphatic carbocycles. The smallest absolute Gasteiger partial charge is 0.146 e. The molecule has 0 bridgehead atoms. The summed E-state index contributed by atoms with van der Waals surface area (Å²) < 4.78 is 14.2. The van der Waals surface area contributed by atoms with Crippen molar-refractivity contribution < 1.29 is 4.39 Å². The second kappa shape index (κ2) is 5.70. The molecule has 0 radical (unpaired) electrons. The standard InChI is InChI=1S/C16H24FN3/c1-12(18)14-3-2-4-15(17)16(14)20-9-7-19(8-10-20)11-13-5-6-13/h2-4,12-13H,5-11,18H2,1H3/t12-/m1/s1. The fourth-order valence-corrected chi connectivity index (χ4v) is 3.05. The van der Waals surface area contributed by atoms with E-state index in [1.165, 1.54) is 25.5 Å². The van der Waals surface area contributed by atoms with E-state index in [0.717, 1.165) is 37.7 Å². The summed E-state index contributed by atoms with van der Waals surface area (Å²) in [7, 11) is 0. The van der Waals surface area contributed by atoms with Crippen LogP contribution in [0.1, 0.15) is 31.4 Å². The van der Waals surface area contributed by atoms with E-state index in [4.69, 9.17) is 5.73 Å². The van der Waals surface area contributed by atoms with Gasteiger partial charge < -0.3 is 10.6 Å². The summed E-state index contributed by atoms with van der Waals surface area (Å²) in [6.45, 7) is 7.00. The van der Waals surface area contributed by atoms with Gasteiger partial charge in [0.15, 0.2) is 0 Å². The fourth-order valence-electron chi connectivity index (χ4n) is 3.05. The van der Waals surface area contributed by atoms with Crippen molar-refractivity contribution in [1.29, 1.82) is 0 Å². The molecule has 0 spiro atoms. The summed E-state index contributed by atoms with van der Waals surface area (Å²) in [5, 5.41) is 0. The highest BCUT2D eigenvalue weighted by atomic mass is 19.1. The molecule has 2 N–H and O–H groups in total. The maximum absolute atomic E-state index is 14.2. The summed E-state index contributed by atoms with van der Waals surface area (Å²) in [4.78, 5) is 4.68. The van der Waals surface area contributed by atoms with Crippen LogP contribution in [0.3, 0.4) is 0 Å². The topological polar surface area (TPSA) is 32.5 Å². The van der Waals surface area contributed by atoms with E-state index < -0.39 is 0 Å². The molecule has 0 amide bonds. The Labute approximate surface area is 120 Å². The highest BCUT2D eigenvalue weighted by molar-refractivity contribution is 5.56. The summed E-state index contributed by atoms with van der Waals surface area (Å²) in [6, 6.07) is 5.10. The molecule has 1 saturated carbocycles. The van der Waals surface area contributed by atoms with Crippen molar-refractivity contribution in [1.82, 2.24) is 4.90 Å². The molecule has 1 saturated heterocycles. The lowest BCUT2D eigenvalue weighted by molar-refractivity contribution is 0.247. The quantitative estimate of drug-likeness (QED) is 0.917. The Morgan fingerprint density at radius 2 is 1.95 bits per heavy atom. The van der Waals surface area contributed by atoms with Crippen molar-refractivity contribution in [3.63, 3.8) is 0 Å². The Morgan fingerprint density at radius 3 is 2.55 bits per heavy atom. The Bertz CT molecular complexity index is 463. The first-order chi connectivity index (χ1) is 9.65. The van der Waals surface area contributed by atoms with Gasteiger partial charge in [0.25, 0.3) is 0 Å². The Morgan fingerprint density at radius 1 is 1.25 bits per heavy atom. The van der Waals surface area contributed by atoms with E-state index in [-0.39, 0.29) is 11.9 Å². The maximum Gasteiger partial charge on any atom is 0.146 e. The van der Waals surface area contributed by atoms with Crippen LogP contribution in [-0.2, 0) is 0 Å². The molecule has 0 unspecified atom stereocenters. The minimum absolute atomic E-state index is 0.134. The van der Waals surface area contributed by atoms with E-state index in [1.54, 1.807) is 6.07 Å². The highest BCUT2D eigenvalue weighted by Gasteiger charge is 2.27. The molecule has 1 aliphatic heterocycles. The Kier molecular flexibility index (Phi) is 3.94. The van der Waals surface area contributed by atoms with Crippen molar-refractivity contribution >= 4 is 5.69 Å². The number of nitrogens with zero attached hydrogens (tertiary/aromatic N) is 2. The van der Waals surface area contributed by atoms with Gasteiger partial charge in [-0.1, -0.05) is 12.1 Å². The number of hydrogen-bond donors (Lipinski definition) is 1. The van der Waals surface area contributed by atoms with Crippen LogP contribution in [0.25, 0.3) is 0 Å². The zero-order chi connectivity index (χ0) is 14.1. The predicted octanol–water partition coefficient (Wildman–Crippen LogP) is 2.38. The number of benzene rings is 1. The highest BCUT2D eigenvalue weighted by Crippen LogP contribution is 2.32. The van der Waals surface area contributed by atoms with Crippen LogP contribution in [0.5, 0.6) is 0 Å². The van der Waals surface area contributed by atoms with E-state index in [2.05, 4.69) is 9.80 Å². The van der Waals surface area contributed by atoms with Crippen LogP contribution in [-0.4, -0.2) is 37.6 Å².